The van der Waals surface area contributed by atoms with Crippen LogP contribution in [0.1, 0.15) is 30.2 Å². The van der Waals surface area contributed by atoms with Crippen molar-refractivity contribution in [2.75, 3.05) is 13.1 Å². The lowest BCUT2D eigenvalue weighted by atomic mass is 9.93. The number of furan rings is 1. The van der Waals surface area contributed by atoms with Gasteiger partial charge in [-0.3, -0.25) is 9.69 Å². The molecule has 3 rings (SSSR count). The van der Waals surface area contributed by atoms with Crippen LogP contribution in [0, 0.1) is 5.92 Å². The van der Waals surface area contributed by atoms with Crippen molar-refractivity contribution in [2.24, 2.45) is 5.92 Å². The molecule has 2 aromatic rings. The summed E-state index contributed by atoms with van der Waals surface area (Å²) in [7, 11) is 0. The third kappa shape index (κ3) is 3.25. The smallest absolute Gasteiger partial charge is 0.306 e. The van der Waals surface area contributed by atoms with E-state index in [1.807, 2.05) is 24.3 Å². The summed E-state index contributed by atoms with van der Waals surface area (Å²) in [5, 5.41) is 9.16. The Labute approximate surface area is 137 Å². The first-order valence-electron chi connectivity index (χ1n) is 7.41. The Kier molecular flexibility index (Phi) is 4.64. The molecule has 5 heteroatoms. The van der Waals surface area contributed by atoms with Crippen LogP contribution in [0.3, 0.4) is 0 Å². The number of aliphatic carboxylic acids is 1. The van der Waals surface area contributed by atoms with Crippen molar-refractivity contribution < 1.29 is 14.3 Å². The van der Waals surface area contributed by atoms with Crippen molar-refractivity contribution in [3.05, 3.63) is 58.5 Å². The topological polar surface area (TPSA) is 53.7 Å². The molecule has 1 atom stereocenters. The number of rotatable bonds is 4. The maximum Gasteiger partial charge on any atom is 0.306 e. The van der Waals surface area contributed by atoms with Crippen molar-refractivity contribution in [2.45, 2.75) is 18.9 Å². The van der Waals surface area contributed by atoms with E-state index in [0.717, 1.165) is 28.9 Å². The van der Waals surface area contributed by atoms with Gasteiger partial charge in [-0.2, -0.15) is 0 Å². The fraction of sp³-hybridized carbons (Fsp3) is 0.353. The van der Waals surface area contributed by atoms with Gasteiger partial charge in [-0.15, -0.1) is 0 Å². The second kappa shape index (κ2) is 6.67. The minimum Gasteiger partial charge on any atom is -0.481 e. The lowest BCUT2D eigenvalue weighted by molar-refractivity contribution is -0.143. The van der Waals surface area contributed by atoms with Crippen LogP contribution in [-0.4, -0.2) is 29.1 Å². The minimum atomic E-state index is -0.684. The predicted octanol–water partition coefficient (Wildman–Crippen LogP) is 3.93. The van der Waals surface area contributed by atoms with Crippen LogP contribution < -0.4 is 0 Å². The number of benzene rings is 1. The highest BCUT2D eigenvalue weighted by molar-refractivity contribution is 9.10. The highest BCUT2D eigenvalue weighted by Crippen LogP contribution is 2.33. The van der Waals surface area contributed by atoms with E-state index in [9.17, 15) is 4.79 Å². The van der Waals surface area contributed by atoms with Crippen LogP contribution in [0.2, 0.25) is 0 Å². The number of carboxylic acids is 1. The third-order valence-electron chi connectivity index (χ3n) is 4.22. The van der Waals surface area contributed by atoms with Gasteiger partial charge in [0, 0.05) is 4.47 Å². The molecule has 0 spiro atoms. The van der Waals surface area contributed by atoms with Gasteiger partial charge in [0.05, 0.1) is 18.2 Å². The average molecular weight is 364 g/mol. The molecule has 1 fully saturated rings. The van der Waals surface area contributed by atoms with E-state index >= 15 is 0 Å². The van der Waals surface area contributed by atoms with E-state index in [0.29, 0.717) is 12.8 Å². The number of nitrogens with zero attached hydrogens (tertiary/aromatic N) is 1. The fourth-order valence-electron chi connectivity index (χ4n) is 3.08. The first-order valence-corrected chi connectivity index (χ1v) is 8.20. The lowest BCUT2D eigenvalue weighted by Crippen LogP contribution is -2.39. The minimum absolute atomic E-state index is 0.0299. The zero-order valence-corrected chi connectivity index (χ0v) is 13.7. The molecule has 0 aliphatic carbocycles. The quantitative estimate of drug-likeness (QED) is 0.893. The van der Waals surface area contributed by atoms with Gasteiger partial charge in [0.15, 0.2) is 0 Å². The normalized spacial score (nSPS) is 18.2. The average Bonchev–Trinajstić information content (AvgIpc) is 3.02. The van der Waals surface area contributed by atoms with Crippen LogP contribution in [0.5, 0.6) is 0 Å². The van der Waals surface area contributed by atoms with E-state index in [2.05, 4.69) is 33.0 Å². The van der Waals surface area contributed by atoms with Gasteiger partial charge >= 0.3 is 5.97 Å². The summed E-state index contributed by atoms with van der Waals surface area (Å²) in [5.74, 6) is -0.0143. The Morgan fingerprint density at radius 3 is 2.64 bits per heavy atom. The summed E-state index contributed by atoms with van der Waals surface area (Å²) in [4.78, 5) is 13.4. The van der Waals surface area contributed by atoms with E-state index in [-0.39, 0.29) is 12.0 Å². The van der Waals surface area contributed by atoms with Gasteiger partial charge in [-0.1, -0.05) is 28.1 Å². The Morgan fingerprint density at radius 2 is 2.05 bits per heavy atom. The number of hydrogen-bond acceptors (Lipinski definition) is 3. The van der Waals surface area contributed by atoms with E-state index in [4.69, 9.17) is 9.52 Å². The van der Waals surface area contributed by atoms with Crippen molar-refractivity contribution in [3.8, 4) is 0 Å². The Morgan fingerprint density at radius 1 is 1.27 bits per heavy atom. The van der Waals surface area contributed by atoms with Crippen LogP contribution in [0.15, 0.2) is 51.6 Å². The van der Waals surface area contributed by atoms with Crippen LogP contribution in [-0.2, 0) is 4.79 Å². The summed E-state index contributed by atoms with van der Waals surface area (Å²) in [6.45, 7) is 1.52. The van der Waals surface area contributed by atoms with E-state index in [1.54, 1.807) is 6.26 Å². The number of hydrogen-bond donors (Lipinski definition) is 1. The van der Waals surface area contributed by atoms with Crippen molar-refractivity contribution in [1.82, 2.24) is 4.90 Å². The molecule has 0 radical (unpaired) electrons. The van der Waals surface area contributed by atoms with Crippen molar-refractivity contribution >= 4 is 21.9 Å². The molecule has 2 heterocycles. The van der Waals surface area contributed by atoms with Crippen molar-refractivity contribution in [3.63, 3.8) is 0 Å². The molecular weight excluding hydrogens is 346 g/mol. The maximum absolute atomic E-state index is 11.1. The third-order valence-corrected chi connectivity index (χ3v) is 4.71. The van der Waals surface area contributed by atoms with Gasteiger partial charge < -0.3 is 9.52 Å². The summed E-state index contributed by atoms with van der Waals surface area (Å²) >= 11 is 3.52. The summed E-state index contributed by atoms with van der Waals surface area (Å²) in [6.07, 6.45) is 3.05. The predicted molar refractivity (Wildman–Crippen MR) is 86.6 cm³/mol. The van der Waals surface area contributed by atoms with Gasteiger partial charge in [0.25, 0.3) is 0 Å². The Bertz CT molecular complexity index is 633. The molecular formula is C17H18BrNO3. The first kappa shape index (κ1) is 15.3. The lowest BCUT2D eigenvalue weighted by Gasteiger charge is -2.35. The summed E-state index contributed by atoms with van der Waals surface area (Å²) in [6, 6.07) is 12.1. The number of likely N-dealkylation sites (tertiary alicyclic amines) is 1. The highest BCUT2D eigenvalue weighted by Gasteiger charge is 2.31. The van der Waals surface area contributed by atoms with E-state index in [1.165, 1.54) is 0 Å². The second-order valence-corrected chi connectivity index (χ2v) is 6.54. The highest BCUT2D eigenvalue weighted by atomic mass is 79.9. The molecule has 1 aromatic carbocycles. The van der Waals surface area contributed by atoms with Crippen molar-refractivity contribution in [1.29, 1.82) is 0 Å². The molecule has 4 nitrogen and oxygen atoms in total. The summed E-state index contributed by atoms with van der Waals surface area (Å²) in [5.41, 5.74) is 1.15. The molecule has 1 N–H and O–H groups in total. The molecule has 1 aliphatic rings. The molecule has 1 aromatic heterocycles. The molecule has 116 valence electrons. The molecule has 0 saturated carbocycles. The maximum atomic E-state index is 11.1. The van der Waals surface area contributed by atoms with Gasteiger partial charge in [-0.25, -0.2) is 0 Å². The molecule has 1 unspecified atom stereocenters. The van der Waals surface area contributed by atoms with Crippen LogP contribution in [0.4, 0.5) is 0 Å². The fourth-order valence-corrected chi connectivity index (χ4v) is 3.50. The zero-order valence-electron chi connectivity index (χ0n) is 12.1. The summed E-state index contributed by atoms with van der Waals surface area (Å²) < 4.78 is 6.67. The zero-order chi connectivity index (χ0) is 15.5. The monoisotopic (exact) mass is 363 g/mol. The standard InChI is InChI=1S/C17H18BrNO3/c18-14-4-1-3-13(11-14)16(15-5-2-10-22-15)19-8-6-12(7-9-19)17(20)21/h1-5,10-12,16H,6-9H2,(H,20,21). The first-order chi connectivity index (χ1) is 10.6. The molecule has 0 bridgehead atoms. The Hall–Kier alpha value is -1.59. The molecule has 1 saturated heterocycles. The number of carboxylic acid groups (broad SMARTS) is 1. The molecule has 0 amide bonds. The van der Waals surface area contributed by atoms with Gasteiger partial charge in [-0.05, 0) is 55.8 Å². The molecule has 22 heavy (non-hydrogen) atoms. The van der Waals surface area contributed by atoms with E-state index < -0.39 is 5.97 Å². The largest absolute Gasteiger partial charge is 0.481 e. The number of carbonyl (C=O) groups is 1. The second-order valence-electron chi connectivity index (χ2n) is 5.62. The number of piperidine rings is 1. The SMILES string of the molecule is O=C(O)C1CCN(C(c2cccc(Br)c2)c2ccco2)CC1. The van der Waals surface area contributed by atoms with Crippen LogP contribution >= 0.6 is 15.9 Å². The molecule has 1 aliphatic heterocycles. The number of halogens is 1. The van der Waals surface area contributed by atoms with Gasteiger partial charge in [0.1, 0.15) is 5.76 Å². The van der Waals surface area contributed by atoms with Crippen LogP contribution in [0.25, 0.3) is 0 Å². The van der Waals surface area contributed by atoms with Gasteiger partial charge in [0.2, 0.25) is 0 Å². The Balaban J connectivity index is 1.86.